The van der Waals surface area contributed by atoms with E-state index in [0.29, 0.717) is 10.3 Å². The van der Waals surface area contributed by atoms with Crippen molar-refractivity contribution in [1.29, 1.82) is 0 Å². The van der Waals surface area contributed by atoms with Crippen molar-refractivity contribution in [2.75, 3.05) is 5.32 Å². The number of nitrogens with one attached hydrogen (secondary N) is 1. The van der Waals surface area contributed by atoms with Gasteiger partial charge in [0.1, 0.15) is 11.4 Å². The second kappa shape index (κ2) is 4.64. The fourth-order valence-corrected chi connectivity index (χ4v) is 2.60. The molecule has 0 spiro atoms. The first-order valence-electron chi connectivity index (χ1n) is 5.67. The van der Waals surface area contributed by atoms with Gasteiger partial charge in [-0.05, 0) is 41.8 Å². The van der Waals surface area contributed by atoms with Crippen molar-refractivity contribution >= 4 is 27.7 Å². The number of anilines is 1. The van der Waals surface area contributed by atoms with Gasteiger partial charge in [-0.1, -0.05) is 12.8 Å². The third-order valence-corrected chi connectivity index (χ3v) is 3.65. The Kier molecular flexibility index (Phi) is 3.38. The lowest BCUT2D eigenvalue weighted by Gasteiger charge is -2.26. The molecule has 0 amide bonds. The smallest absolute Gasteiger partial charge is 0.339 e. The number of pyridine rings is 1. The molecular formula is C12H15BrN2O2. The number of carbonyl (C=O) groups is 1. The summed E-state index contributed by atoms with van der Waals surface area (Å²) >= 11 is 3.24. The van der Waals surface area contributed by atoms with Gasteiger partial charge in [-0.3, -0.25) is 0 Å². The Labute approximate surface area is 109 Å². The molecule has 1 aliphatic carbocycles. The number of nitrogens with zero attached hydrogens (tertiary/aromatic N) is 1. The topological polar surface area (TPSA) is 62.2 Å². The molecular weight excluding hydrogens is 284 g/mol. The Bertz CT molecular complexity index is 442. The molecule has 92 valence electrons. The molecule has 1 aliphatic rings. The van der Waals surface area contributed by atoms with Crippen molar-refractivity contribution in [3.8, 4) is 0 Å². The maximum absolute atomic E-state index is 11.2. The van der Waals surface area contributed by atoms with Gasteiger partial charge in [-0.15, -0.1) is 0 Å². The van der Waals surface area contributed by atoms with E-state index in [9.17, 15) is 4.79 Å². The summed E-state index contributed by atoms with van der Waals surface area (Å²) in [7, 11) is 0. The summed E-state index contributed by atoms with van der Waals surface area (Å²) < 4.78 is 0.678. The van der Waals surface area contributed by atoms with E-state index in [2.05, 4.69) is 33.2 Å². The summed E-state index contributed by atoms with van der Waals surface area (Å²) in [5, 5.41) is 12.4. The molecule has 2 N–H and O–H groups in total. The maximum atomic E-state index is 11.2. The number of hydrogen-bond donors (Lipinski definition) is 2. The molecule has 17 heavy (non-hydrogen) atoms. The Balaban J connectivity index is 2.28. The third-order valence-electron chi connectivity index (χ3n) is 3.21. The quantitative estimate of drug-likeness (QED) is 0.899. The molecule has 5 heteroatoms. The van der Waals surface area contributed by atoms with Crippen LogP contribution >= 0.6 is 15.9 Å². The number of rotatable bonds is 3. The number of hydrogen-bond acceptors (Lipinski definition) is 3. The van der Waals surface area contributed by atoms with Gasteiger partial charge in [-0.2, -0.15) is 0 Å². The van der Waals surface area contributed by atoms with Crippen molar-refractivity contribution in [2.45, 2.75) is 38.1 Å². The van der Waals surface area contributed by atoms with Gasteiger partial charge in [0.05, 0.1) is 0 Å². The van der Waals surface area contributed by atoms with Crippen LogP contribution in [0.2, 0.25) is 0 Å². The highest BCUT2D eigenvalue weighted by Gasteiger charge is 2.30. The van der Waals surface area contributed by atoms with Gasteiger partial charge in [-0.25, -0.2) is 9.78 Å². The second-order valence-corrected chi connectivity index (χ2v) is 5.66. The van der Waals surface area contributed by atoms with E-state index in [-0.39, 0.29) is 11.1 Å². The molecule has 0 unspecified atom stereocenters. The zero-order valence-corrected chi connectivity index (χ0v) is 11.2. The minimum absolute atomic E-state index is 0.0228. The number of aromatic nitrogens is 1. The number of carboxylic acids is 1. The lowest BCUT2D eigenvalue weighted by molar-refractivity contribution is 0.0697. The van der Waals surface area contributed by atoms with Crippen LogP contribution in [-0.2, 0) is 0 Å². The third kappa shape index (κ3) is 2.77. The summed E-state index contributed by atoms with van der Waals surface area (Å²) in [5.41, 5.74) is 0.192. The van der Waals surface area contributed by atoms with Crippen molar-refractivity contribution in [1.82, 2.24) is 4.98 Å². The van der Waals surface area contributed by atoms with Crippen LogP contribution in [0.4, 0.5) is 5.82 Å². The molecule has 1 heterocycles. The van der Waals surface area contributed by atoms with Gasteiger partial charge in [0.15, 0.2) is 0 Å². The Morgan fingerprint density at radius 3 is 2.76 bits per heavy atom. The highest BCUT2D eigenvalue weighted by Crippen LogP contribution is 2.33. The largest absolute Gasteiger partial charge is 0.478 e. The minimum atomic E-state index is -0.956. The van der Waals surface area contributed by atoms with E-state index in [4.69, 9.17) is 5.11 Å². The molecule has 1 saturated carbocycles. The lowest BCUT2D eigenvalue weighted by Crippen LogP contribution is -2.32. The maximum Gasteiger partial charge on any atom is 0.339 e. The lowest BCUT2D eigenvalue weighted by atomic mass is 10.0. The van der Waals surface area contributed by atoms with E-state index in [1.165, 1.54) is 12.8 Å². The van der Waals surface area contributed by atoms with Crippen LogP contribution < -0.4 is 5.32 Å². The van der Waals surface area contributed by atoms with E-state index in [1.54, 1.807) is 12.3 Å². The van der Waals surface area contributed by atoms with Crippen LogP contribution in [0.15, 0.2) is 16.7 Å². The SMILES string of the molecule is CC1(Nc2ncc(Br)cc2C(=O)O)CCCC1. The molecule has 4 nitrogen and oxygen atoms in total. The summed E-state index contributed by atoms with van der Waals surface area (Å²) in [6, 6.07) is 1.58. The van der Waals surface area contributed by atoms with Crippen LogP contribution in [0.5, 0.6) is 0 Å². The summed E-state index contributed by atoms with van der Waals surface area (Å²) in [6.07, 6.45) is 6.10. The van der Waals surface area contributed by atoms with E-state index >= 15 is 0 Å². The summed E-state index contributed by atoms with van der Waals surface area (Å²) in [5.74, 6) is -0.493. The van der Waals surface area contributed by atoms with Crippen molar-refractivity contribution in [2.24, 2.45) is 0 Å². The zero-order valence-electron chi connectivity index (χ0n) is 9.66. The average Bonchev–Trinajstić information content (AvgIpc) is 2.67. The fourth-order valence-electron chi connectivity index (χ4n) is 2.27. The predicted molar refractivity (Wildman–Crippen MR) is 69.4 cm³/mol. The molecule has 0 bridgehead atoms. The van der Waals surface area contributed by atoms with Crippen LogP contribution in [-0.4, -0.2) is 21.6 Å². The van der Waals surface area contributed by atoms with Gasteiger partial charge in [0.25, 0.3) is 0 Å². The molecule has 1 aromatic rings. The van der Waals surface area contributed by atoms with Crippen LogP contribution in [0.3, 0.4) is 0 Å². The Morgan fingerprint density at radius 1 is 1.53 bits per heavy atom. The standard InChI is InChI=1S/C12H15BrN2O2/c1-12(4-2-3-5-12)15-10-9(11(16)17)6-8(13)7-14-10/h6-7H,2-5H2,1H3,(H,14,15)(H,16,17). The molecule has 0 aliphatic heterocycles. The number of carboxylic acid groups (broad SMARTS) is 1. The second-order valence-electron chi connectivity index (χ2n) is 4.75. The van der Waals surface area contributed by atoms with E-state index in [0.717, 1.165) is 12.8 Å². The Hall–Kier alpha value is -1.10. The summed E-state index contributed by atoms with van der Waals surface area (Å²) in [6.45, 7) is 2.12. The van der Waals surface area contributed by atoms with Gasteiger partial charge >= 0.3 is 5.97 Å². The van der Waals surface area contributed by atoms with E-state index < -0.39 is 5.97 Å². The van der Waals surface area contributed by atoms with Crippen molar-refractivity contribution in [3.05, 3.63) is 22.3 Å². The normalized spacial score (nSPS) is 18.0. The van der Waals surface area contributed by atoms with E-state index in [1.807, 2.05) is 0 Å². The van der Waals surface area contributed by atoms with Gasteiger partial charge < -0.3 is 10.4 Å². The average molecular weight is 299 g/mol. The first-order chi connectivity index (χ1) is 8.00. The molecule has 1 fully saturated rings. The number of aromatic carboxylic acids is 1. The van der Waals surface area contributed by atoms with Gasteiger partial charge in [0.2, 0.25) is 0 Å². The first kappa shape index (κ1) is 12.4. The van der Waals surface area contributed by atoms with Crippen molar-refractivity contribution < 1.29 is 9.90 Å². The zero-order chi connectivity index (χ0) is 12.5. The molecule has 2 rings (SSSR count). The minimum Gasteiger partial charge on any atom is -0.478 e. The molecule has 0 radical (unpaired) electrons. The van der Waals surface area contributed by atoms with Crippen LogP contribution in [0, 0.1) is 0 Å². The first-order valence-corrected chi connectivity index (χ1v) is 6.46. The highest BCUT2D eigenvalue weighted by molar-refractivity contribution is 9.10. The fraction of sp³-hybridized carbons (Fsp3) is 0.500. The molecule has 0 atom stereocenters. The molecule has 0 aromatic carbocycles. The molecule has 0 saturated heterocycles. The monoisotopic (exact) mass is 298 g/mol. The highest BCUT2D eigenvalue weighted by atomic mass is 79.9. The predicted octanol–water partition coefficient (Wildman–Crippen LogP) is 3.29. The summed E-state index contributed by atoms with van der Waals surface area (Å²) in [4.78, 5) is 15.3. The number of halogens is 1. The van der Waals surface area contributed by atoms with Crippen LogP contribution in [0.1, 0.15) is 43.0 Å². The Morgan fingerprint density at radius 2 is 2.18 bits per heavy atom. The molecule has 1 aromatic heterocycles. The van der Waals surface area contributed by atoms with Crippen molar-refractivity contribution in [3.63, 3.8) is 0 Å². The van der Waals surface area contributed by atoms with Crippen LogP contribution in [0.25, 0.3) is 0 Å². The van der Waals surface area contributed by atoms with Gasteiger partial charge in [0, 0.05) is 16.2 Å².